The van der Waals surface area contributed by atoms with E-state index in [0.29, 0.717) is 11.8 Å². The van der Waals surface area contributed by atoms with Gasteiger partial charge in [-0.2, -0.15) is 0 Å². The Labute approximate surface area is 151 Å². The summed E-state index contributed by atoms with van der Waals surface area (Å²) in [5, 5.41) is 19.9. The molecule has 0 amide bonds. The van der Waals surface area contributed by atoms with Gasteiger partial charge in [-0.15, -0.1) is 0 Å². The van der Waals surface area contributed by atoms with Crippen molar-refractivity contribution < 1.29 is 14.9 Å². The number of hydrogen-bond acceptors (Lipinski definition) is 3. The van der Waals surface area contributed by atoms with Gasteiger partial charge in [0, 0.05) is 6.61 Å². The van der Waals surface area contributed by atoms with E-state index in [0.717, 1.165) is 36.1 Å². The Hall–Kier alpha value is -1.48. The molecule has 0 aromatic heterocycles. The average Bonchev–Trinajstić information content (AvgIpc) is 2.52. The van der Waals surface area contributed by atoms with Crippen molar-refractivity contribution >= 4 is 6.08 Å². The third-order valence-electron chi connectivity index (χ3n) is 6.37. The number of aryl methyl sites for hydroxylation is 1. The van der Waals surface area contributed by atoms with Gasteiger partial charge in [0.1, 0.15) is 17.1 Å². The Bertz CT molecular complexity index is 661. The van der Waals surface area contributed by atoms with Gasteiger partial charge < -0.3 is 14.9 Å². The third-order valence-corrected chi connectivity index (χ3v) is 6.37. The van der Waals surface area contributed by atoms with Gasteiger partial charge in [0.25, 0.3) is 0 Å². The first-order valence-electron chi connectivity index (χ1n) is 9.57. The standard InChI is InChI=1S/C22H32O3/c1-15-12-19(24)17-7-10-22(4,25-20(17)13-15)11-8-18-16(14-23)6-5-9-21(18,2)3/h7,10,12-13,16,18,23-24H,5-6,8-9,11,14H2,1-4H3/t16-,18-,22+/m1/s1. The predicted molar refractivity (Wildman–Crippen MR) is 102 cm³/mol. The number of phenols is 1. The summed E-state index contributed by atoms with van der Waals surface area (Å²) in [6, 6.07) is 3.77. The van der Waals surface area contributed by atoms with E-state index in [1.165, 1.54) is 12.8 Å². The molecule has 1 saturated carbocycles. The van der Waals surface area contributed by atoms with E-state index in [-0.39, 0.29) is 23.4 Å². The lowest BCUT2D eigenvalue weighted by molar-refractivity contribution is 0.0162. The van der Waals surface area contributed by atoms with Crippen molar-refractivity contribution in [1.82, 2.24) is 0 Å². The summed E-state index contributed by atoms with van der Waals surface area (Å²) in [6.45, 7) is 9.06. The molecule has 3 nitrogen and oxygen atoms in total. The minimum Gasteiger partial charge on any atom is -0.507 e. The maximum absolute atomic E-state index is 10.1. The van der Waals surface area contributed by atoms with Gasteiger partial charge in [0.15, 0.2) is 0 Å². The highest BCUT2D eigenvalue weighted by molar-refractivity contribution is 5.67. The van der Waals surface area contributed by atoms with Crippen LogP contribution in [-0.2, 0) is 0 Å². The molecular weight excluding hydrogens is 312 g/mol. The number of rotatable bonds is 4. The van der Waals surface area contributed by atoms with Gasteiger partial charge in [0.05, 0.1) is 5.56 Å². The minimum atomic E-state index is -0.360. The topological polar surface area (TPSA) is 49.7 Å². The SMILES string of the molecule is Cc1cc(O)c2c(c1)O[C@](C)(CC[C@@H]1[C@@H](CO)CCCC1(C)C)C=C2. The summed E-state index contributed by atoms with van der Waals surface area (Å²) in [5.41, 5.74) is 1.69. The number of hydrogen-bond donors (Lipinski definition) is 2. The average molecular weight is 344 g/mol. The van der Waals surface area contributed by atoms with E-state index >= 15 is 0 Å². The summed E-state index contributed by atoms with van der Waals surface area (Å²) in [5.74, 6) is 1.97. The smallest absolute Gasteiger partial charge is 0.131 e. The van der Waals surface area contributed by atoms with Crippen LogP contribution in [-0.4, -0.2) is 22.4 Å². The fourth-order valence-electron chi connectivity index (χ4n) is 4.81. The molecule has 138 valence electrons. The Morgan fingerprint density at radius 2 is 2.00 bits per heavy atom. The molecule has 0 spiro atoms. The molecule has 0 saturated heterocycles. The highest BCUT2D eigenvalue weighted by atomic mass is 16.5. The largest absolute Gasteiger partial charge is 0.507 e. The second kappa shape index (κ2) is 6.68. The normalized spacial score (nSPS) is 30.6. The van der Waals surface area contributed by atoms with E-state index in [1.807, 2.05) is 19.1 Å². The first kappa shape index (κ1) is 18.3. The second-order valence-electron chi connectivity index (χ2n) is 8.91. The fraction of sp³-hybridized carbons (Fsp3) is 0.636. The molecule has 0 bridgehead atoms. The number of phenolic OH excluding ortho intramolecular Hbond substituents is 1. The molecular formula is C22H32O3. The molecule has 3 heteroatoms. The van der Waals surface area contributed by atoms with Gasteiger partial charge in [0.2, 0.25) is 0 Å². The molecule has 0 unspecified atom stereocenters. The van der Waals surface area contributed by atoms with E-state index in [1.54, 1.807) is 6.07 Å². The number of aromatic hydroxyl groups is 1. The Kier molecular flexibility index (Phi) is 4.89. The van der Waals surface area contributed by atoms with Gasteiger partial charge in [-0.25, -0.2) is 0 Å². The van der Waals surface area contributed by atoms with E-state index in [4.69, 9.17) is 4.74 Å². The van der Waals surface area contributed by atoms with Crippen molar-refractivity contribution in [3.8, 4) is 11.5 Å². The maximum atomic E-state index is 10.1. The summed E-state index contributed by atoms with van der Waals surface area (Å²) in [6.07, 6.45) is 9.62. The van der Waals surface area contributed by atoms with Crippen molar-refractivity contribution in [2.75, 3.05) is 6.61 Å². The van der Waals surface area contributed by atoms with E-state index in [9.17, 15) is 10.2 Å². The third kappa shape index (κ3) is 3.72. The van der Waals surface area contributed by atoms with Crippen LogP contribution in [0.3, 0.4) is 0 Å². The first-order valence-corrected chi connectivity index (χ1v) is 9.57. The van der Waals surface area contributed by atoms with Crippen LogP contribution in [0, 0.1) is 24.2 Å². The van der Waals surface area contributed by atoms with Crippen molar-refractivity contribution in [3.05, 3.63) is 29.3 Å². The maximum Gasteiger partial charge on any atom is 0.131 e. The predicted octanol–water partition coefficient (Wildman–Crippen LogP) is 5.08. The summed E-state index contributed by atoms with van der Waals surface area (Å²) in [4.78, 5) is 0. The summed E-state index contributed by atoms with van der Waals surface area (Å²) < 4.78 is 6.30. The molecule has 1 aliphatic carbocycles. The number of aliphatic hydroxyl groups excluding tert-OH is 1. The lowest BCUT2D eigenvalue weighted by Gasteiger charge is -2.45. The highest BCUT2D eigenvalue weighted by Crippen LogP contribution is 2.48. The first-order chi connectivity index (χ1) is 11.7. The van der Waals surface area contributed by atoms with Crippen LogP contribution < -0.4 is 4.74 Å². The van der Waals surface area contributed by atoms with Gasteiger partial charge in [-0.3, -0.25) is 0 Å². The van der Waals surface area contributed by atoms with Crippen LogP contribution in [0.25, 0.3) is 6.08 Å². The van der Waals surface area contributed by atoms with Crippen molar-refractivity contribution in [3.63, 3.8) is 0 Å². The van der Waals surface area contributed by atoms with Crippen LogP contribution >= 0.6 is 0 Å². The van der Waals surface area contributed by atoms with Crippen LogP contribution in [0.4, 0.5) is 0 Å². The molecule has 1 aromatic rings. The van der Waals surface area contributed by atoms with E-state index < -0.39 is 0 Å². The highest BCUT2D eigenvalue weighted by Gasteiger charge is 2.40. The van der Waals surface area contributed by atoms with Gasteiger partial charge in [-0.05, 0) is 86.6 Å². The van der Waals surface area contributed by atoms with Crippen LogP contribution in [0.2, 0.25) is 0 Å². The number of aliphatic hydroxyl groups is 1. The molecule has 3 rings (SSSR count). The lowest BCUT2D eigenvalue weighted by Crippen LogP contribution is -2.39. The molecule has 1 aliphatic heterocycles. The fourth-order valence-corrected chi connectivity index (χ4v) is 4.81. The summed E-state index contributed by atoms with van der Waals surface area (Å²) in [7, 11) is 0. The zero-order valence-electron chi connectivity index (χ0n) is 16.0. The van der Waals surface area contributed by atoms with Crippen LogP contribution in [0.5, 0.6) is 11.5 Å². The van der Waals surface area contributed by atoms with Crippen LogP contribution in [0.1, 0.15) is 64.0 Å². The molecule has 2 aliphatic rings. The molecule has 2 N–H and O–H groups in total. The molecule has 1 fully saturated rings. The molecule has 3 atom stereocenters. The van der Waals surface area contributed by atoms with Crippen molar-refractivity contribution in [1.29, 1.82) is 0 Å². The number of ether oxygens (including phenoxy) is 1. The lowest BCUT2D eigenvalue weighted by atomic mass is 9.62. The quantitative estimate of drug-likeness (QED) is 0.801. The minimum absolute atomic E-state index is 0.271. The Morgan fingerprint density at radius 1 is 1.24 bits per heavy atom. The molecule has 25 heavy (non-hydrogen) atoms. The summed E-state index contributed by atoms with van der Waals surface area (Å²) >= 11 is 0. The number of fused-ring (bicyclic) bond motifs is 1. The zero-order chi connectivity index (χ0) is 18.2. The number of benzene rings is 1. The Balaban J connectivity index is 1.75. The monoisotopic (exact) mass is 344 g/mol. The second-order valence-corrected chi connectivity index (χ2v) is 8.91. The van der Waals surface area contributed by atoms with Gasteiger partial charge >= 0.3 is 0 Å². The van der Waals surface area contributed by atoms with Crippen LogP contribution in [0.15, 0.2) is 18.2 Å². The van der Waals surface area contributed by atoms with E-state index in [2.05, 4.69) is 26.8 Å². The molecule has 0 radical (unpaired) electrons. The van der Waals surface area contributed by atoms with Crippen molar-refractivity contribution in [2.24, 2.45) is 17.3 Å². The van der Waals surface area contributed by atoms with Crippen molar-refractivity contribution in [2.45, 2.75) is 65.4 Å². The molecule has 1 aromatic carbocycles. The van der Waals surface area contributed by atoms with Gasteiger partial charge in [-0.1, -0.05) is 20.3 Å². The zero-order valence-corrected chi connectivity index (χ0v) is 16.0. The molecule has 1 heterocycles. The Morgan fingerprint density at radius 3 is 2.72 bits per heavy atom.